The fourth-order valence-corrected chi connectivity index (χ4v) is 1.05. The topological polar surface area (TPSA) is 35.5 Å². The van der Waals surface area contributed by atoms with Crippen LogP contribution in [0.3, 0.4) is 0 Å². The van der Waals surface area contributed by atoms with Crippen LogP contribution in [0.4, 0.5) is 0 Å². The normalized spacial score (nSPS) is 10.1. The Hall–Kier alpha value is -1.87. The molecule has 0 spiro atoms. The second kappa shape index (κ2) is 11.6. The molecule has 0 aromatic heterocycles. The average molecular weight is 248 g/mol. The fourth-order valence-electron chi connectivity index (χ4n) is 1.05. The quantitative estimate of drug-likeness (QED) is 0.314. The highest BCUT2D eigenvalue weighted by Crippen LogP contribution is 1.98. The third-order valence-electron chi connectivity index (χ3n) is 1.95. The Morgan fingerprint density at radius 1 is 1.33 bits per heavy atom. The molecule has 0 amide bonds. The van der Waals surface area contributed by atoms with Gasteiger partial charge in [-0.15, -0.1) is 0 Å². The Bertz CT molecular complexity index is 363. The number of carbonyl (C=O) groups excluding carboxylic acids is 1. The molecular formula is C15H20O3. The fraction of sp³-hybridized carbons (Fsp3) is 0.533. The summed E-state index contributed by atoms with van der Waals surface area (Å²) in [5.41, 5.74) is 0. The van der Waals surface area contributed by atoms with Crippen molar-refractivity contribution in [2.75, 3.05) is 6.61 Å². The van der Waals surface area contributed by atoms with E-state index in [1.165, 1.54) is 0 Å². The first-order valence-electron chi connectivity index (χ1n) is 6.18. The zero-order valence-corrected chi connectivity index (χ0v) is 11.1. The summed E-state index contributed by atoms with van der Waals surface area (Å²) in [7, 11) is 0. The molecule has 0 saturated heterocycles. The van der Waals surface area contributed by atoms with Crippen LogP contribution < -0.4 is 0 Å². The third-order valence-corrected chi connectivity index (χ3v) is 1.95. The van der Waals surface area contributed by atoms with Crippen LogP contribution in [0.1, 0.15) is 39.5 Å². The van der Waals surface area contributed by atoms with Gasteiger partial charge in [0.15, 0.2) is 0 Å². The SMILES string of the molecule is C=CC(=O)OC(C#CCCCCC)C#COCC. The summed E-state index contributed by atoms with van der Waals surface area (Å²) in [6, 6.07) is 0. The maximum absolute atomic E-state index is 11.1. The minimum Gasteiger partial charge on any atom is -0.447 e. The lowest BCUT2D eigenvalue weighted by molar-refractivity contribution is -0.138. The van der Waals surface area contributed by atoms with Gasteiger partial charge in [0.2, 0.25) is 6.10 Å². The molecule has 0 N–H and O–H groups in total. The monoisotopic (exact) mass is 248 g/mol. The van der Waals surface area contributed by atoms with Crippen molar-refractivity contribution in [2.24, 2.45) is 0 Å². The Labute approximate surface area is 110 Å². The third kappa shape index (κ3) is 9.36. The maximum Gasteiger partial charge on any atom is 0.332 e. The van der Waals surface area contributed by atoms with E-state index in [9.17, 15) is 4.79 Å². The molecule has 0 aliphatic heterocycles. The van der Waals surface area contributed by atoms with Crippen LogP contribution in [0.25, 0.3) is 0 Å². The molecule has 1 unspecified atom stereocenters. The first-order valence-corrected chi connectivity index (χ1v) is 6.18. The van der Waals surface area contributed by atoms with E-state index in [0.29, 0.717) is 6.61 Å². The van der Waals surface area contributed by atoms with Crippen LogP contribution in [0.2, 0.25) is 0 Å². The van der Waals surface area contributed by atoms with Crippen molar-refractivity contribution < 1.29 is 14.3 Å². The first kappa shape index (κ1) is 16.1. The minimum atomic E-state index is -0.747. The van der Waals surface area contributed by atoms with Gasteiger partial charge in [0, 0.05) is 12.5 Å². The molecule has 1 atom stereocenters. The Morgan fingerprint density at radius 3 is 2.72 bits per heavy atom. The van der Waals surface area contributed by atoms with Gasteiger partial charge in [-0.2, -0.15) is 0 Å². The second-order valence-corrected chi connectivity index (χ2v) is 3.48. The maximum atomic E-state index is 11.1. The van der Waals surface area contributed by atoms with Gasteiger partial charge in [-0.05, 0) is 25.2 Å². The van der Waals surface area contributed by atoms with Gasteiger partial charge in [-0.25, -0.2) is 4.79 Å². The second-order valence-electron chi connectivity index (χ2n) is 3.48. The lowest BCUT2D eigenvalue weighted by atomic mass is 10.2. The predicted molar refractivity (Wildman–Crippen MR) is 71.4 cm³/mol. The van der Waals surface area contributed by atoms with E-state index in [1.54, 1.807) is 0 Å². The minimum absolute atomic E-state index is 0.485. The first-order chi connectivity index (χ1) is 8.74. The van der Waals surface area contributed by atoms with Gasteiger partial charge in [0.25, 0.3) is 0 Å². The van der Waals surface area contributed by atoms with E-state index in [0.717, 1.165) is 31.8 Å². The average Bonchev–Trinajstić information content (AvgIpc) is 2.38. The van der Waals surface area contributed by atoms with E-state index >= 15 is 0 Å². The number of carbonyl (C=O) groups is 1. The molecule has 0 aromatic rings. The molecule has 0 aromatic carbocycles. The van der Waals surface area contributed by atoms with Crippen molar-refractivity contribution in [3.63, 3.8) is 0 Å². The lowest BCUT2D eigenvalue weighted by Gasteiger charge is -2.02. The molecule has 18 heavy (non-hydrogen) atoms. The van der Waals surface area contributed by atoms with Crippen LogP contribution in [0.15, 0.2) is 12.7 Å². The Balaban J connectivity index is 4.33. The van der Waals surface area contributed by atoms with Gasteiger partial charge in [-0.3, -0.25) is 0 Å². The Morgan fingerprint density at radius 2 is 2.11 bits per heavy atom. The van der Waals surface area contributed by atoms with Crippen molar-refractivity contribution in [2.45, 2.75) is 45.6 Å². The van der Waals surface area contributed by atoms with E-state index in [1.807, 2.05) is 6.92 Å². The van der Waals surface area contributed by atoms with Crippen molar-refractivity contribution in [3.05, 3.63) is 12.7 Å². The van der Waals surface area contributed by atoms with Gasteiger partial charge in [0.1, 0.15) is 6.11 Å². The smallest absolute Gasteiger partial charge is 0.332 e. The molecule has 0 heterocycles. The van der Waals surface area contributed by atoms with Gasteiger partial charge in [-0.1, -0.05) is 32.3 Å². The van der Waals surface area contributed by atoms with E-state index < -0.39 is 12.1 Å². The van der Waals surface area contributed by atoms with E-state index in [-0.39, 0.29) is 0 Å². The molecule has 0 aliphatic carbocycles. The lowest BCUT2D eigenvalue weighted by Crippen LogP contribution is -2.12. The van der Waals surface area contributed by atoms with Crippen LogP contribution in [0.5, 0.6) is 0 Å². The number of rotatable bonds is 6. The van der Waals surface area contributed by atoms with Crippen LogP contribution in [0, 0.1) is 23.9 Å². The van der Waals surface area contributed by atoms with Crippen molar-refractivity contribution >= 4 is 5.97 Å². The number of esters is 1. The number of ether oxygens (including phenoxy) is 2. The van der Waals surface area contributed by atoms with E-state index in [4.69, 9.17) is 9.47 Å². The number of unbranched alkanes of at least 4 members (excludes halogenated alkanes) is 3. The van der Waals surface area contributed by atoms with Crippen molar-refractivity contribution in [3.8, 4) is 23.9 Å². The number of hydrogen-bond donors (Lipinski definition) is 0. The Kier molecular flexibility index (Phi) is 10.4. The largest absolute Gasteiger partial charge is 0.447 e. The van der Waals surface area contributed by atoms with Crippen molar-refractivity contribution in [1.82, 2.24) is 0 Å². The molecule has 0 aliphatic rings. The standard InChI is InChI=1S/C15H20O3/c1-4-7-8-9-10-11-14(12-13-17-6-3)18-15(16)5-2/h5,14H,2,4,6-9H2,1,3H3. The summed E-state index contributed by atoms with van der Waals surface area (Å²) < 4.78 is 9.85. The predicted octanol–water partition coefficient (Wildman–Crippen LogP) is 2.67. The summed E-state index contributed by atoms with van der Waals surface area (Å²) >= 11 is 0. The summed E-state index contributed by atoms with van der Waals surface area (Å²) in [6.07, 6.45) is 6.93. The molecule has 3 nitrogen and oxygen atoms in total. The number of hydrogen-bond acceptors (Lipinski definition) is 3. The summed E-state index contributed by atoms with van der Waals surface area (Å²) in [4.78, 5) is 11.1. The van der Waals surface area contributed by atoms with Crippen LogP contribution >= 0.6 is 0 Å². The zero-order valence-electron chi connectivity index (χ0n) is 11.1. The molecule has 3 heteroatoms. The molecule has 0 radical (unpaired) electrons. The van der Waals surface area contributed by atoms with Crippen LogP contribution in [-0.4, -0.2) is 18.7 Å². The van der Waals surface area contributed by atoms with Crippen LogP contribution in [-0.2, 0) is 14.3 Å². The highest BCUT2D eigenvalue weighted by molar-refractivity contribution is 5.81. The van der Waals surface area contributed by atoms with Crippen molar-refractivity contribution in [1.29, 1.82) is 0 Å². The summed E-state index contributed by atoms with van der Waals surface area (Å²) in [6.45, 7) is 7.78. The molecule has 98 valence electrons. The van der Waals surface area contributed by atoms with Gasteiger partial charge >= 0.3 is 5.97 Å². The molecule has 0 rings (SSSR count). The molecule has 0 bridgehead atoms. The highest BCUT2D eigenvalue weighted by Gasteiger charge is 2.05. The zero-order chi connectivity index (χ0) is 13.6. The summed E-state index contributed by atoms with van der Waals surface area (Å²) in [5.74, 6) is 7.87. The molecular weight excluding hydrogens is 228 g/mol. The van der Waals surface area contributed by atoms with Gasteiger partial charge < -0.3 is 9.47 Å². The highest BCUT2D eigenvalue weighted by atomic mass is 16.5. The van der Waals surface area contributed by atoms with Gasteiger partial charge in [0.05, 0.1) is 6.61 Å². The van der Waals surface area contributed by atoms with E-state index in [2.05, 4.69) is 37.4 Å². The molecule has 0 saturated carbocycles. The summed E-state index contributed by atoms with van der Waals surface area (Å²) in [5, 5.41) is 0. The molecule has 0 fully saturated rings.